The molecule has 0 saturated carbocycles. The normalized spacial score (nSPS) is 11.3. The predicted molar refractivity (Wildman–Crippen MR) is 99.5 cm³/mol. The fourth-order valence-corrected chi connectivity index (χ4v) is 2.48. The second kappa shape index (κ2) is 8.26. The molecule has 0 saturated heterocycles. The minimum absolute atomic E-state index is 0.465. The van der Waals surface area contributed by atoms with Crippen molar-refractivity contribution in [3.8, 4) is 17.0 Å². The summed E-state index contributed by atoms with van der Waals surface area (Å²) in [6, 6.07) is 5.74. The van der Waals surface area contributed by atoms with Crippen LogP contribution in [0.4, 0.5) is 0 Å². The lowest BCUT2D eigenvalue weighted by Gasteiger charge is -2.06. The van der Waals surface area contributed by atoms with Gasteiger partial charge in [-0.15, -0.1) is 0 Å². The first-order chi connectivity index (χ1) is 12.7. The third-order valence-corrected chi connectivity index (χ3v) is 3.74. The average molecular weight is 352 g/mol. The number of H-pyrrole nitrogens is 1. The number of hydrogen-bond acceptors (Lipinski definition) is 5. The zero-order valence-corrected chi connectivity index (χ0v) is 14.4. The standard InChI is InChI=1S/C19H20N4O3/c1-2-25-7-8-26-18-6-4-13(10-21-18)15-9-16-14(3-5-17(20)24)11-22-19(16)23-12-15/h3-6,9-12H,2,7-8H2,1H3,(H2,20,24)(H,22,23). The van der Waals surface area contributed by atoms with Crippen molar-refractivity contribution >= 4 is 23.0 Å². The van der Waals surface area contributed by atoms with Crippen LogP contribution in [0.25, 0.3) is 28.2 Å². The van der Waals surface area contributed by atoms with Crippen molar-refractivity contribution < 1.29 is 14.3 Å². The molecule has 26 heavy (non-hydrogen) atoms. The van der Waals surface area contributed by atoms with E-state index >= 15 is 0 Å². The topological polar surface area (TPSA) is 103 Å². The summed E-state index contributed by atoms with van der Waals surface area (Å²) in [5.74, 6) is 0.0572. The Balaban J connectivity index is 1.79. The molecule has 0 unspecified atom stereocenters. The van der Waals surface area contributed by atoms with Gasteiger partial charge in [0.25, 0.3) is 0 Å². The molecular formula is C19H20N4O3. The van der Waals surface area contributed by atoms with Gasteiger partial charge in [-0.05, 0) is 25.1 Å². The highest BCUT2D eigenvalue weighted by Gasteiger charge is 2.07. The molecule has 0 aliphatic heterocycles. The van der Waals surface area contributed by atoms with Gasteiger partial charge in [-0.1, -0.05) is 0 Å². The Hall–Kier alpha value is -3.19. The molecule has 1 amide bonds. The van der Waals surface area contributed by atoms with Crippen LogP contribution in [0.1, 0.15) is 12.5 Å². The fraction of sp³-hybridized carbons (Fsp3) is 0.211. The number of carbonyl (C=O) groups is 1. The molecule has 0 radical (unpaired) electrons. The van der Waals surface area contributed by atoms with Gasteiger partial charge in [0, 0.05) is 59.4 Å². The predicted octanol–water partition coefficient (Wildman–Crippen LogP) is 2.54. The molecule has 0 aliphatic carbocycles. The molecule has 3 aromatic rings. The number of rotatable bonds is 8. The van der Waals surface area contributed by atoms with E-state index in [9.17, 15) is 4.79 Å². The Morgan fingerprint density at radius 2 is 2.08 bits per heavy atom. The second-order valence-electron chi connectivity index (χ2n) is 5.53. The molecule has 3 N–H and O–H groups in total. The number of amides is 1. The molecular weight excluding hydrogens is 332 g/mol. The number of aromatic nitrogens is 3. The zero-order chi connectivity index (χ0) is 18.4. The van der Waals surface area contributed by atoms with Gasteiger partial charge in [0.2, 0.25) is 11.8 Å². The molecule has 0 spiro atoms. The number of nitrogens with two attached hydrogens (primary N) is 1. The van der Waals surface area contributed by atoms with Gasteiger partial charge in [-0.2, -0.15) is 0 Å². The largest absolute Gasteiger partial charge is 0.475 e. The number of hydrogen-bond donors (Lipinski definition) is 2. The minimum Gasteiger partial charge on any atom is -0.475 e. The van der Waals surface area contributed by atoms with E-state index in [0.29, 0.717) is 25.7 Å². The first kappa shape index (κ1) is 17.6. The summed E-state index contributed by atoms with van der Waals surface area (Å²) < 4.78 is 10.7. The summed E-state index contributed by atoms with van der Waals surface area (Å²) in [6.07, 6.45) is 8.29. The van der Waals surface area contributed by atoms with Gasteiger partial charge < -0.3 is 20.2 Å². The Labute approximate surface area is 150 Å². The summed E-state index contributed by atoms with van der Waals surface area (Å²) in [5.41, 5.74) is 8.58. The summed E-state index contributed by atoms with van der Waals surface area (Å²) in [7, 11) is 0. The van der Waals surface area contributed by atoms with Gasteiger partial charge in [-0.3, -0.25) is 4.79 Å². The fourth-order valence-electron chi connectivity index (χ4n) is 2.48. The number of nitrogens with one attached hydrogen (secondary N) is 1. The van der Waals surface area contributed by atoms with Crippen molar-refractivity contribution in [2.45, 2.75) is 6.92 Å². The van der Waals surface area contributed by atoms with Crippen LogP contribution in [0.3, 0.4) is 0 Å². The van der Waals surface area contributed by atoms with E-state index < -0.39 is 5.91 Å². The van der Waals surface area contributed by atoms with E-state index in [1.54, 1.807) is 24.7 Å². The van der Waals surface area contributed by atoms with Crippen molar-refractivity contribution in [1.29, 1.82) is 0 Å². The second-order valence-corrected chi connectivity index (χ2v) is 5.53. The highest BCUT2D eigenvalue weighted by atomic mass is 16.5. The Bertz CT molecular complexity index is 916. The molecule has 3 rings (SSSR count). The Kier molecular flexibility index (Phi) is 5.60. The van der Waals surface area contributed by atoms with Crippen molar-refractivity contribution in [3.05, 3.63) is 48.4 Å². The average Bonchev–Trinajstić information content (AvgIpc) is 3.06. The summed E-state index contributed by atoms with van der Waals surface area (Å²) in [5, 5.41) is 0.900. The number of primary amides is 1. The van der Waals surface area contributed by atoms with Crippen molar-refractivity contribution in [2.75, 3.05) is 19.8 Å². The molecule has 7 heteroatoms. The first-order valence-corrected chi connectivity index (χ1v) is 8.29. The molecule has 0 aliphatic rings. The number of pyridine rings is 2. The molecule has 0 atom stereocenters. The molecule has 7 nitrogen and oxygen atoms in total. The van der Waals surface area contributed by atoms with Gasteiger partial charge in [0.1, 0.15) is 12.3 Å². The summed E-state index contributed by atoms with van der Waals surface area (Å²) >= 11 is 0. The Morgan fingerprint density at radius 1 is 1.23 bits per heavy atom. The Morgan fingerprint density at radius 3 is 2.81 bits per heavy atom. The highest BCUT2D eigenvalue weighted by molar-refractivity contribution is 5.95. The van der Waals surface area contributed by atoms with E-state index in [2.05, 4.69) is 15.0 Å². The van der Waals surface area contributed by atoms with Crippen LogP contribution in [0.2, 0.25) is 0 Å². The van der Waals surface area contributed by atoms with Crippen molar-refractivity contribution in [3.63, 3.8) is 0 Å². The van der Waals surface area contributed by atoms with Crippen LogP contribution in [0, 0.1) is 0 Å². The maximum atomic E-state index is 10.9. The third-order valence-electron chi connectivity index (χ3n) is 3.74. The van der Waals surface area contributed by atoms with Crippen molar-refractivity contribution in [1.82, 2.24) is 15.0 Å². The van der Waals surface area contributed by atoms with Crippen LogP contribution in [0.15, 0.2) is 42.9 Å². The number of aromatic amines is 1. The molecule has 0 aromatic carbocycles. The minimum atomic E-state index is -0.493. The number of fused-ring (bicyclic) bond motifs is 1. The van der Waals surface area contributed by atoms with E-state index in [1.165, 1.54) is 6.08 Å². The van der Waals surface area contributed by atoms with Gasteiger partial charge in [0.15, 0.2) is 0 Å². The van der Waals surface area contributed by atoms with Crippen LogP contribution >= 0.6 is 0 Å². The zero-order valence-electron chi connectivity index (χ0n) is 14.4. The SMILES string of the molecule is CCOCCOc1ccc(-c2cnc3[nH]cc(C=CC(N)=O)c3c2)cn1. The molecule has 3 aromatic heterocycles. The molecule has 134 valence electrons. The van der Waals surface area contributed by atoms with Gasteiger partial charge in [-0.25, -0.2) is 9.97 Å². The maximum Gasteiger partial charge on any atom is 0.241 e. The van der Waals surface area contributed by atoms with Gasteiger partial charge in [0.05, 0.1) is 6.61 Å². The van der Waals surface area contributed by atoms with Crippen LogP contribution in [0.5, 0.6) is 5.88 Å². The molecule has 0 fully saturated rings. The van der Waals surface area contributed by atoms with Crippen molar-refractivity contribution in [2.24, 2.45) is 5.73 Å². The van der Waals surface area contributed by atoms with Gasteiger partial charge >= 0.3 is 0 Å². The smallest absolute Gasteiger partial charge is 0.241 e. The van der Waals surface area contributed by atoms with Crippen LogP contribution in [-0.2, 0) is 9.53 Å². The van der Waals surface area contributed by atoms with E-state index in [4.69, 9.17) is 15.2 Å². The third kappa shape index (κ3) is 4.25. The van der Waals surface area contributed by atoms with Crippen LogP contribution in [-0.4, -0.2) is 40.7 Å². The summed E-state index contributed by atoms with van der Waals surface area (Å²) in [4.78, 5) is 22.7. The monoisotopic (exact) mass is 352 g/mol. The lowest BCUT2D eigenvalue weighted by atomic mass is 10.1. The number of carbonyl (C=O) groups excluding carboxylic acids is 1. The van der Waals surface area contributed by atoms with E-state index in [1.807, 2.05) is 25.1 Å². The maximum absolute atomic E-state index is 10.9. The van der Waals surface area contributed by atoms with E-state index in [-0.39, 0.29) is 0 Å². The molecule has 3 heterocycles. The lowest BCUT2D eigenvalue weighted by Crippen LogP contribution is -2.06. The lowest BCUT2D eigenvalue weighted by molar-refractivity contribution is -0.113. The number of nitrogens with zero attached hydrogens (tertiary/aromatic N) is 2. The number of ether oxygens (including phenoxy) is 2. The first-order valence-electron chi connectivity index (χ1n) is 8.29. The summed E-state index contributed by atoms with van der Waals surface area (Å²) in [6.45, 7) is 3.61. The molecule has 0 bridgehead atoms. The van der Waals surface area contributed by atoms with Crippen LogP contribution < -0.4 is 10.5 Å². The highest BCUT2D eigenvalue weighted by Crippen LogP contribution is 2.25. The van der Waals surface area contributed by atoms with E-state index in [0.717, 1.165) is 27.7 Å². The quantitative estimate of drug-likeness (QED) is 0.479.